The molecule has 0 aromatic heterocycles. The molecule has 0 spiro atoms. The lowest BCUT2D eigenvalue weighted by molar-refractivity contribution is -0.119. The summed E-state index contributed by atoms with van der Waals surface area (Å²) in [5, 5.41) is 5.65. The second-order valence-corrected chi connectivity index (χ2v) is 5.41. The molecule has 0 saturated heterocycles. The van der Waals surface area contributed by atoms with Gasteiger partial charge in [0.15, 0.2) is 0 Å². The van der Waals surface area contributed by atoms with Gasteiger partial charge in [-0.05, 0) is 35.9 Å². The standard InChI is InChI=1S/C17H17ClF2N2O3/c1-24-13-5-2-11(3-6-13)9-22-16(23)10-21-12-4-7-15(14(18)8-12)25-17(19)20/h2-8,17,21H,9-10H2,1H3,(H,22,23). The SMILES string of the molecule is COc1ccc(CNC(=O)CNc2ccc(OC(F)F)c(Cl)c2)cc1. The summed E-state index contributed by atoms with van der Waals surface area (Å²) in [5.41, 5.74) is 1.46. The molecule has 2 rings (SSSR count). The van der Waals surface area contributed by atoms with Crippen molar-refractivity contribution >= 4 is 23.2 Å². The summed E-state index contributed by atoms with van der Waals surface area (Å²) in [6.45, 7) is -2.55. The van der Waals surface area contributed by atoms with E-state index in [-0.39, 0.29) is 23.2 Å². The van der Waals surface area contributed by atoms with Crippen LogP contribution < -0.4 is 20.1 Å². The van der Waals surface area contributed by atoms with E-state index in [0.29, 0.717) is 12.2 Å². The van der Waals surface area contributed by atoms with E-state index in [9.17, 15) is 13.6 Å². The Bertz CT molecular complexity index is 712. The van der Waals surface area contributed by atoms with Gasteiger partial charge in [0.05, 0.1) is 18.7 Å². The molecule has 0 bridgehead atoms. The Morgan fingerprint density at radius 2 is 1.92 bits per heavy atom. The molecule has 0 radical (unpaired) electrons. The number of benzene rings is 2. The number of ether oxygens (including phenoxy) is 2. The van der Waals surface area contributed by atoms with Crippen molar-refractivity contribution in [2.45, 2.75) is 13.2 Å². The topological polar surface area (TPSA) is 59.6 Å². The molecular weight excluding hydrogens is 354 g/mol. The maximum atomic E-state index is 12.2. The van der Waals surface area contributed by atoms with E-state index in [1.165, 1.54) is 18.2 Å². The van der Waals surface area contributed by atoms with Crippen molar-refractivity contribution in [2.24, 2.45) is 0 Å². The molecule has 0 heterocycles. The number of alkyl halides is 2. The Kier molecular flexibility index (Phi) is 6.82. The first kappa shape index (κ1) is 18.8. The fraction of sp³-hybridized carbons (Fsp3) is 0.235. The van der Waals surface area contributed by atoms with E-state index in [1.807, 2.05) is 24.3 Å². The van der Waals surface area contributed by atoms with Crippen molar-refractivity contribution in [3.05, 3.63) is 53.1 Å². The molecule has 0 saturated carbocycles. The molecular formula is C17H17ClF2N2O3. The van der Waals surface area contributed by atoms with Crippen LogP contribution >= 0.6 is 11.6 Å². The minimum atomic E-state index is -2.94. The molecule has 0 aliphatic heterocycles. The first-order valence-corrected chi connectivity index (χ1v) is 7.73. The van der Waals surface area contributed by atoms with Crippen LogP contribution in [0.1, 0.15) is 5.56 Å². The van der Waals surface area contributed by atoms with Gasteiger partial charge in [-0.3, -0.25) is 4.79 Å². The van der Waals surface area contributed by atoms with Crippen LogP contribution in [0.15, 0.2) is 42.5 Å². The third-order valence-corrected chi connectivity index (χ3v) is 3.55. The van der Waals surface area contributed by atoms with Gasteiger partial charge in [0.25, 0.3) is 0 Å². The molecule has 0 aliphatic carbocycles. The van der Waals surface area contributed by atoms with E-state index in [0.717, 1.165) is 11.3 Å². The van der Waals surface area contributed by atoms with Crippen LogP contribution in [-0.4, -0.2) is 26.2 Å². The molecule has 0 aliphatic rings. The van der Waals surface area contributed by atoms with Crippen LogP contribution in [0.25, 0.3) is 0 Å². The Morgan fingerprint density at radius 1 is 1.20 bits per heavy atom. The molecule has 2 aromatic rings. The zero-order valence-corrected chi connectivity index (χ0v) is 14.1. The molecule has 5 nitrogen and oxygen atoms in total. The van der Waals surface area contributed by atoms with Gasteiger partial charge >= 0.3 is 6.61 Å². The number of amides is 1. The Hall–Kier alpha value is -2.54. The smallest absolute Gasteiger partial charge is 0.387 e. The number of carbonyl (C=O) groups excluding carboxylic acids is 1. The number of hydrogen-bond acceptors (Lipinski definition) is 4. The van der Waals surface area contributed by atoms with E-state index < -0.39 is 6.61 Å². The summed E-state index contributed by atoms with van der Waals surface area (Å²) in [6.07, 6.45) is 0. The third-order valence-electron chi connectivity index (χ3n) is 3.25. The predicted octanol–water partition coefficient (Wildman–Crippen LogP) is 3.68. The molecule has 0 atom stereocenters. The molecule has 8 heteroatoms. The summed E-state index contributed by atoms with van der Waals surface area (Å²) in [6, 6.07) is 11.6. The first-order chi connectivity index (χ1) is 12.0. The van der Waals surface area contributed by atoms with Gasteiger partial charge < -0.3 is 20.1 Å². The van der Waals surface area contributed by atoms with Crippen molar-refractivity contribution in [2.75, 3.05) is 19.0 Å². The lowest BCUT2D eigenvalue weighted by Gasteiger charge is -2.11. The van der Waals surface area contributed by atoms with Crippen LogP contribution in [0.4, 0.5) is 14.5 Å². The highest BCUT2D eigenvalue weighted by atomic mass is 35.5. The number of halogens is 3. The van der Waals surface area contributed by atoms with Gasteiger partial charge in [-0.25, -0.2) is 0 Å². The average molecular weight is 371 g/mol. The van der Waals surface area contributed by atoms with Crippen LogP contribution in [0.3, 0.4) is 0 Å². The second kappa shape index (κ2) is 9.08. The van der Waals surface area contributed by atoms with Gasteiger partial charge in [0.2, 0.25) is 5.91 Å². The zero-order chi connectivity index (χ0) is 18.2. The molecule has 2 aromatic carbocycles. The number of nitrogens with one attached hydrogen (secondary N) is 2. The minimum Gasteiger partial charge on any atom is -0.497 e. The molecule has 25 heavy (non-hydrogen) atoms. The van der Waals surface area contributed by atoms with Gasteiger partial charge in [-0.1, -0.05) is 23.7 Å². The van der Waals surface area contributed by atoms with Gasteiger partial charge in [-0.2, -0.15) is 8.78 Å². The summed E-state index contributed by atoms with van der Waals surface area (Å²) in [5.74, 6) is 0.402. The lowest BCUT2D eigenvalue weighted by Crippen LogP contribution is -2.29. The summed E-state index contributed by atoms with van der Waals surface area (Å²) in [4.78, 5) is 11.9. The number of rotatable bonds is 8. The highest BCUT2D eigenvalue weighted by molar-refractivity contribution is 6.32. The van der Waals surface area contributed by atoms with Crippen LogP contribution in [0.5, 0.6) is 11.5 Å². The van der Waals surface area contributed by atoms with Crippen LogP contribution in [-0.2, 0) is 11.3 Å². The van der Waals surface area contributed by atoms with E-state index in [4.69, 9.17) is 16.3 Å². The maximum absolute atomic E-state index is 12.2. The zero-order valence-electron chi connectivity index (χ0n) is 13.4. The number of carbonyl (C=O) groups is 1. The Morgan fingerprint density at radius 3 is 2.52 bits per heavy atom. The summed E-state index contributed by atoms with van der Waals surface area (Å²) >= 11 is 5.85. The number of methoxy groups -OCH3 is 1. The van der Waals surface area contributed by atoms with Crippen molar-refractivity contribution in [3.63, 3.8) is 0 Å². The predicted molar refractivity (Wildman–Crippen MR) is 91.4 cm³/mol. The van der Waals surface area contributed by atoms with Gasteiger partial charge in [0, 0.05) is 12.2 Å². The third kappa shape index (κ3) is 6.11. The largest absolute Gasteiger partial charge is 0.497 e. The second-order valence-electron chi connectivity index (χ2n) is 5.00. The van der Waals surface area contributed by atoms with E-state index >= 15 is 0 Å². The highest BCUT2D eigenvalue weighted by Crippen LogP contribution is 2.28. The number of hydrogen-bond donors (Lipinski definition) is 2. The first-order valence-electron chi connectivity index (χ1n) is 7.36. The summed E-state index contributed by atoms with van der Waals surface area (Å²) < 4.78 is 33.6. The number of anilines is 1. The maximum Gasteiger partial charge on any atom is 0.387 e. The quantitative estimate of drug-likeness (QED) is 0.744. The van der Waals surface area contributed by atoms with Crippen molar-refractivity contribution in [3.8, 4) is 11.5 Å². The fourth-order valence-electron chi connectivity index (χ4n) is 1.99. The molecule has 0 fully saturated rings. The van der Waals surface area contributed by atoms with Gasteiger partial charge in [0.1, 0.15) is 11.5 Å². The van der Waals surface area contributed by atoms with Crippen LogP contribution in [0.2, 0.25) is 5.02 Å². The van der Waals surface area contributed by atoms with Gasteiger partial charge in [-0.15, -0.1) is 0 Å². The minimum absolute atomic E-state index is 0.0154. The monoisotopic (exact) mass is 370 g/mol. The van der Waals surface area contributed by atoms with Crippen LogP contribution in [0, 0.1) is 0 Å². The normalized spacial score (nSPS) is 10.4. The average Bonchev–Trinajstić information content (AvgIpc) is 2.60. The lowest BCUT2D eigenvalue weighted by atomic mass is 10.2. The highest BCUT2D eigenvalue weighted by Gasteiger charge is 2.09. The molecule has 134 valence electrons. The molecule has 1 amide bonds. The molecule has 0 unspecified atom stereocenters. The summed E-state index contributed by atoms with van der Waals surface area (Å²) in [7, 11) is 1.58. The van der Waals surface area contributed by atoms with Crippen molar-refractivity contribution in [1.82, 2.24) is 5.32 Å². The Balaban J connectivity index is 1.80. The molecule has 2 N–H and O–H groups in total. The van der Waals surface area contributed by atoms with Crippen molar-refractivity contribution < 1.29 is 23.0 Å². The van der Waals surface area contributed by atoms with Crippen molar-refractivity contribution in [1.29, 1.82) is 0 Å². The van der Waals surface area contributed by atoms with E-state index in [1.54, 1.807) is 7.11 Å². The Labute approximate surface area is 148 Å². The van der Waals surface area contributed by atoms with E-state index in [2.05, 4.69) is 15.4 Å². The fourth-order valence-corrected chi connectivity index (χ4v) is 2.22.